The number of aliphatic carboxylic acids is 1. The number of unbranched alkanes of at least 4 members (excludes halogenated alkanes) is 17. The van der Waals surface area contributed by atoms with Crippen LogP contribution in [0.4, 0.5) is 0 Å². The lowest BCUT2D eigenvalue weighted by atomic mass is 10.0. The Balaban J connectivity index is 1.90. The van der Waals surface area contributed by atoms with Crippen molar-refractivity contribution < 1.29 is 14.4 Å². The smallest absolute Gasteiger partial charge is 0.360 e. The highest BCUT2D eigenvalue weighted by Crippen LogP contribution is 2.23. The second-order valence-electron chi connectivity index (χ2n) is 10.5. The van der Waals surface area contributed by atoms with Crippen molar-refractivity contribution in [1.82, 2.24) is 0 Å². The van der Waals surface area contributed by atoms with Gasteiger partial charge in [-0.1, -0.05) is 109 Å². The first-order valence-corrected chi connectivity index (χ1v) is 14.8. The third-order valence-electron chi connectivity index (χ3n) is 7.32. The second kappa shape index (κ2) is 20.7. The fourth-order valence-corrected chi connectivity index (χ4v) is 5.00. The van der Waals surface area contributed by atoms with E-state index in [1.165, 1.54) is 116 Å². The lowest BCUT2D eigenvalue weighted by Gasteiger charge is -2.34. The highest BCUT2D eigenvalue weighted by Gasteiger charge is 2.40. The molecule has 0 aromatic carbocycles. The molecule has 5 nitrogen and oxygen atoms in total. The van der Waals surface area contributed by atoms with Crippen LogP contribution in [0.1, 0.15) is 142 Å². The Morgan fingerprint density at radius 1 is 0.857 bits per heavy atom. The van der Waals surface area contributed by atoms with Gasteiger partial charge in [0.2, 0.25) is 5.84 Å². The summed E-state index contributed by atoms with van der Waals surface area (Å²) in [5, 5.41) is 9.29. The number of carboxylic acids is 1. The van der Waals surface area contributed by atoms with Crippen molar-refractivity contribution in [2.24, 2.45) is 10.7 Å². The molecule has 3 N–H and O–H groups in total. The summed E-state index contributed by atoms with van der Waals surface area (Å²) in [5.74, 6) is 0.0594. The maximum Gasteiger partial charge on any atom is 0.360 e. The van der Waals surface area contributed by atoms with Crippen molar-refractivity contribution in [3.8, 4) is 0 Å². The molecule has 35 heavy (non-hydrogen) atoms. The number of carboxylic acid groups (broad SMARTS) is 1. The molecule has 1 rings (SSSR count). The Kier molecular flexibility index (Phi) is 18.7. The van der Waals surface area contributed by atoms with Crippen molar-refractivity contribution in [1.29, 1.82) is 0 Å². The number of amidine groups is 1. The van der Waals surface area contributed by atoms with Crippen LogP contribution in [0, 0.1) is 0 Å². The maximum absolute atomic E-state index is 11.3. The predicted molar refractivity (Wildman–Crippen MR) is 150 cm³/mol. The molecule has 202 valence electrons. The van der Waals surface area contributed by atoms with E-state index in [-0.39, 0.29) is 17.2 Å². The highest BCUT2D eigenvalue weighted by atomic mass is 16.4. The summed E-state index contributed by atoms with van der Waals surface area (Å²) >= 11 is 0. The van der Waals surface area contributed by atoms with E-state index in [1.807, 2.05) is 13.1 Å². The van der Waals surface area contributed by atoms with Crippen LogP contribution in [0.25, 0.3) is 0 Å². The number of aliphatic imine (C=N–C) groups is 1. The second-order valence-corrected chi connectivity index (χ2v) is 10.5. The van der Waals surface area contributed by atoms with E-state index in [0.29, 0.717) is 0 Å². The Morgan fingerprint density at radius 3 is 1.77 bits per heavy atom. The topological polar surface area (TPSA) is 75.7 Å². The molecule has 0 radical (unpaired) electrons. The summed E-state index contributed by atoms with van der Waals surface area (Å²) in [5.41, 5.74) is 6.13. The van der Waals surface area contributed by atoms with Crippen LogP contribution in [0.5, 0.6) is 0 Å². The number of rotatable bonds is 24. The first kappa shape index (κ1) is 31.6. The molecule has 5 heteroatoms. The van der Waals surface area contributed by atoms with E-state index in [9.17, 15) is 9.90 Å². The molecule has 2 unspecified atom stereocenters. The minimum absolute atomic E-state index is 0.0263. The Morgan fingerprint density at radius 2 is 1.31 bits per heavy atom. The van der Waals surface area contributed by atoms with E-state index in [1.54, 1.807) is 6.20 Å². The molecule has 1 heterocycles. The highest BCUT2D eigenvalue weighted by molar-refractivity contribution is 5.81. The number of quaternary nitrogens is 1. The Hall–Kier alpha value is -1.46. The third-order valence-corrected chi connectivity index (χ3v) is 7.32. The van der Waals surface area contributed by atoms with Crippen LogP contribution >= 0.6 is 0 Å². The van der Waals surface area contributed by atoms with Crippen molar-refractivity contribution >= 4 is 11.8 Å². The fraction of sp³-hybridized carbons (Fsp3) is 0.800. The van der Waals surface area contributed by atoms with E-state index in [2.05, 4.69) is 24.1 Å². The van der Waals surface area contributed by atoms with Crippen LogP contribution in [-0.4, -0.2) is 34.1 Å². The summed E-state index contributed by atoms with van der Waals surface area (Å²) in [6, 6.07) is 0. The van der Waals surface area contributed by atoms with E-state index in [0.717, 1.165) is 18.7 Å². The molecule has 0 aromatic heterocycles. The van der Waals surface area contributed by atoms with Gasteiger partial charge in [-0.05, 0) is 32.1 Å². The molecule has 0 fully saturated rings. The number of hydrogen-bond acceptors (Lipinski definition) is 3. The van der Waals surface area contributed by atoms with E-state index in [4.69, 9.17) is 5.73 Å². The summed E-state index contributed by atoms with van der Waals surface area (Å²) in [6.07, 6.45) is 34.1. The minimum atomic E-state index is -0.837. The van der Waals surface area contributed by atoms with Gasteiger partial charge in [-0.2, -0.15) is 0 Å². The van der Waals surface area contributed by atoms with Crippen molar-refractivity contribution in [3.63, 3.8) is 0 Å². The van der Waals surface area contributed by atoms with Crippen molar-refractivity contribution in [2.75, 3.05) is 6.54 Å². The molecule has 0 aliphatic carbocycles. The summed E-state index contributed by atoms with van der Waals surface area (Å²) < 4.78 is 0.170. The molecule has 1 aliphatic heterocycles. The monoisotopic (exact) mass is 490 g/mol. The maximum atomic E-state index is 11.3. The van der Waals surface area contributed by atoms with E-state index < -0.39 is 5.97 Å². The van der Waals surface area contributed by atoms with Gasteiger partial charge in [-0.25, -0.2) is 14.3 Å². The zero-order valence-corrected chi connectivity index (χ0v) is 23.1. The van der Waals surface area contributed by atoms with E-state index >= 15 is 0 Å². The van der Waals surface area contributed by atoms with Crippen molar-refractivity contribution in [2.45, 2.75) is 148 Å². The number of allylic oxidation sites excluding steroid dienone is 2. The molecular formula is C30H56N3O2+. The van der Waals surface area contributed by atoms with Gasteiger partial charge in [0.15, 0.2) is 6.54 Å². The van der Waals surface area contributed by atoms with Crippen LogP contribution < -0.4 is 5.73 Å². The molecule has 0 spiro atoms. The summed E-state index contributed by atoms with van der Waals surface area (Å²) in [6.45, 7) is 4.12. The third kappa shape index (κ3) is 14.6. The molecule has 0 saturated carbocycles. The van der Waals surface area contributed by atoms with Gasteiger partial charge in [-0.3, -0.25) is 5.73 Å². The standard InChI is InChI=1S/C30H55N3O2/c1-3-4-5-6-7-8-9-10-11-12-13-14-15-16-17-18-19-20-21-22-23-24-29-32-25-26-33(29,28(2)31)27-30(34)35/h13-14,25-26,28H,3-12,15-24,27,31H2,1-2H3/p+1/b14-13+. The average molecular weight is 491 g/mol. The average Bonchev–Trinajstić information content (AvgIpc) is 3.23. The lowest BCUT2D eigenvalue weighted by Crippen LogP contribution is -2.59. The van der Waals surface area contributed by atoms with Crippen LogP contribution in [0.2, 0.25) is 0 Å². The minimum Gasteiger partial charge on any atom is -0.477 e. The van der Waals surface area contributed by atoms with Gasteiger partial charge in [0, 0.05) is 13.3 Å². The normalized spacial score (nSPS) is 18.4. The molecular weight excluding hydrogens is 434 g/mol. The number of carbonyl (C=O) groups is 1. The Labute approximate surface area is 216 Å². The zero-order chi connectivity index (χ0) is 25.6. The first-order valence-electron chi connectivity index (χ1n) is 14.8. The molecule has 0 aromatic rings. The predicted octanol–water partition coefficient (Wildman–Crippen LogP) is 8.45. The van der Waals surface area contributed by atoms with Gasteiger partial charge < -0.3 is 5.11 Å². The largest absolute Gasteiger partial charge is 0.477 e. The quantitative estimate of drug-likeness (QED) is 0.0809. The van der Waals surface area contributed by atoms with Gasteiger partial charge in [0.05, 0.1) is 6.20 Å². The number of nitrogens with zero attached hydrogens (tertiary/aromatic N) is 2. The molecule has 0 amide bonds. The zero-order valence-electron chi connectivity index (χ0n) is 23.1. The van der Waals surface area contributed by atoms with Crippen LogP contribution in [0.15, 0.2) is 29.5 Å². The van der Waals surface area contributed by atoms with Gasteiger partial charge >= 0.3 is 5.97 Å². The SMILES string of the molecule is CCCCCCCCCCC/C=C/CCCCCCCCCCC1=NC=C[N+]1(CC(=O)O)C(C)N. The van der Waals surface area contributed by atoms with Gasteiger partial charge in [0.1, 0.15) is 12.4 Å². The van der Waals surface area contributed by atoms with Crippen LogP contribution in [0.3, 0.4) is 0 Å². The number of hydrogen-bond donors (Lipinski definition) is 2. The Bertz CT molecular complexity index is 627. The van der Waals surface area contributed by atoms with Gasteiger partial charge in [-0.15, -0.1) is 0 Å². The molecule has 2 atom stereocenters. The lowest BCUT2D eigenvalue weighted by molar-refractivity contribution is -0.805. The molecule has 0 bridgehead atoms. The van der Waals surface area contributed by atoms with Crippen LogP contribution in [-0.2, 0) is 4.79 Å². The summed E-state index contributed by atoms with van der Waals surface area (Å²) in [4.78, 5) is 15.8. The van der Waals surface area contributed by atoms with Crippen molar-refractivity contribution in [3.05, 3.63) is 24.6 Å². The summed E-state index contributed by atoms with van der Waals surface area (Å²) in [7, 11) is 0. The fourth-order valence-electron chi connectivity index (χ4n) is 5.00. The number of nitrogens with two attached hydrogens (primary N) is 1. The first-order chi connectivity index (χ1) is 17.0. The molecule has 0 saturated heterocycles. The molecule has 1 aliphatic rings. The van der Waals surface area contributed by atoms with Gasteiger partial charge in [0.25, 0.3) is 0 Å².